The van der Waals surface area contributed by atoms with E-state index in [4.69, 9.17) is 14.2 Å². The Bertz CT molecular complexity index is 1270. The summed E-state index contributed by atoms with van der Waals surface area (Å²) in [5.74, 6) is -2.66. The van der Waals surface area contributed by atoms with Crippen molar-refractivity contribution in [1.29, 1.82) is 0 Å². The largest absolute Gasteiger partial charge is 0.497 e. The van der Waals surface area contributed by atoms with Crippen LogP contribution in [-0.4, -0.2) is 90.4 Å². The highest BCUT2D eigenvalue weighted by atomic mass is 16.6. The number of aliphatic hydroxyl groups is 1. The Labute approximate surface area is 265 Å². The molecule has 1 aromatic rings. The number of anilines is 1. The number of hydrogen-bond donors (Lipinski definition) is 2. The number of nitrogens with one attached hydrogen (secondary N) is 1. The highest BCUT2D eigenvalue weighted by molar-refractivity contribution is 6.04. The monoisotopic (exact) mass is 625 g/mol. The number of amides is 3. The van der Waals surface area contributed by atoms with Crippen LogP contribution < -0.4 is 15.0 Å². The summed E-state index contributed by atoms with van der Waals surface area (Å²) in [6.45, 7) is 13.1. The number of allylic oxidation sites excluding steroid dienone is 1. The third-order valence-electron chi connectivity index (χ3n) is 9.03. The van der Waals surface area contributed by atoms with Crippen molar-refractivity contribution in [1.82, 2.24) is 10.2 Å². The Kier molecular flexibility index (Phi) is 11.1. The lowest BCUT2D eigenvalue weighted by Crippen LogP contribution is -2.59. The molecular formula is C34H47N3O8. The van der Waals surface area contributed by atoms with Gasteiger partial charge in [0.25, 0.3) is 5.91 Å². The van der Waals surface area contributed by atoms with E-state index in [1.54, 1.807) is 55.4 Å². The molecule has 11 heteroatoms. The first-order chi connectivity index (χ1) is 21.5. The molecule has 4 rings (SSSR count). The summed E-state index contributed by atoms with van der Waals surface area (Å²) >= 11 is 0. The standard InChI is InChI=1S/C34H47N3O8/c1-7-9-10-27(39)35-19-22(5)44-33(42)28-26-15-16-34(45-26)29(28)31(40)37(24(20-38)18-21(3)4)30(34)32(41)36(17-8-2)23-11-13-25(43-6)14-12-23/h7-8,11-14,21-22,24,26,28-30,38H,1-2,9-10,15-20H2,3-6H3,(H,35,39)/t22-,24-,26+,28-,29-,30+,34-/m1/s1. The number of carbonyl (C=O) groups excluding carboxylic acids is 4. The van der Waals surface area contributed by atoms with Crippen LogP contribution in [0, 0.1) is 17.8 Å². The number of rotatable bonds is 16. The van der Waals surface area contributed by atoms with Crippen LogP contribution in [0.4, 0.5) is 5.69 Å². The Morgan fingerprint density at radius 3 is 2.51 bits per heavy atom. The van der Waals surface area contributed by atoms with Crippen molar-refractivity contribution in [2.75, 3.05) is 31.7 Å². The number of nitrogens with zero attached hydrogens (tertiary/aromatic N) is 2. The minimum Gasteiger partial charge on any atom is -0.497 e. The second kappa shape index (κ2) is 14.6. The molecule has 3 aliphatic heterocycles. The van der Waals surface area contributed by atoms with E-state index in [1.807, 2.05) is 13.8 Å². The van der Waals surface area contributed by atoms with Gasteiger partial charge in [-0.1, -0.05) is 26.0 Å². The van der Waals surface area contributed by atoms with E-state index in [9.17, 15) is 24.3 Å². The van der Waals surface area contributed by atoms with Crippen LogP contribution in [0.3, 0.4) is 0 Å². The van der Waals surface area contributed by atoms with Gasteiger partial charge in [0.1, 0.15) is 23.5 Å². The summed E-state index contributed by atoms with van der Waals surface area (Å²) in [5.41, 5.74) is -0.675. The van der Waals surface area contributed by atoms with Crippen molar-refractivity contribution < 1.29 is 38.5 Å². The Balaban J connectivity index is 1.66. The second-order valence-electron chi connectivity index (χ2n) is 12.6. The smallest absolute Gasteiger partial charge is 0.312 e. The first kappa shape index (κ1) is 34.2. The van der Waals surface area contributed by atoms with Gasteiger partial charge in [-0.25, -0.2) is 0 Å². The van der Waals surface area contributed by atoms with Crippen molar-refractivity contribution in [3.05, 3.63) is 49.6 Å². The fourth-order valence-electron chi connectivity index (χ4n) is 7.11. The first-order valence-corrected chi connectivity index (χ1v) is 15.8. The minimum absolute atomic E-state index is 0.120. The molecule has 3 aliphatic rings. The molecule has 2 bridgehead atoms. The van der Waals surface area contributed by atoms with Crippen LogP contribution in [0.25, 0.3) is 0 Å². The summed E-state index contributed by atoms with van der Waals surface area (Å²) < 4.78 is 17.6. The molecule has 246 valence electrons. The van der Waals surface area contributed by atoms with Crippen LogP contribution >= 0.6 is 0 Å². The summed E-state index contributed by atoms with van der Waals surface area (Å²) in [6.07, 6.45) is 4.20. The van der Waals surface area contributed by atoms with Gasteiger partial charge in [0.05, 0.1) is 44.2 Å². The molecular weight excluding hydrogens is 578 g/mol. The number of esters is 1. The van der Waals surface area contributed by atoms with Gasteiger partial charge in [0, 0.05) is 18.7 Å². The zero-order valence-electron chi connectivity index (χ0n) is 26.8. The molecule has 11 nitrogen and oxygen atoms in total. The van der Waals surface area contributed by atoms with Crippen LogP contribution in [0.15, 0.2) is 49.6 Å². The maximum atomic E-state index is 14.7. The summed E-state index contributed by atoms with van der Waals surface area (Å²) in [6, 6.07) is 5.30. The molecule has 1 aromatic carbocycles. The lowest BCUT2D eigenvalue weighted by atomic mass is 9.70. The number of ether oxygens (including phenoxy) is 3. The van der Waals surface area contributed by atoms with Gasteiger partial charge in [-0.15, -0.1) is 13.2 Å². The lowest BCUT2D eigenvalue weighted by molar-refractivity contribution is -0.159. The maximum Gasteiger partial charge on any atom is 0.312 e. The average molecular weight is 626 g/mol. The SMILES string of the molecule is C=CCCC(=O)NC[C@@H](C)OC(=O)[C@@H]1[C@@H]2CC[C@]3(O2)[C@H](C(=O)N(CC=C)c2ccc(OC)cc2)N([C@@H](CO)CC(C)C)C(=O)[C@@H]13. The Morgan fingerprint density at radius 1 is 1.20 bits per heavy atom. The number of likely N-dealkylation sites (tertiary alicyclic amines) is 1. The number of hydrogen-bond acceptors (Lipinski definition) is 8. The molecule has 3 amide bonds. The molecule has 3 heterocycles. The number of benzene rings is 1. The quantitative estimate of drug-likeness (QED) is 0.212. The van der Waals surface area contributed by atoms with E-state index >= 15 is 0 Å². The third kappa shape index (κ3) is 6.79. The average Bonchev–Trinajstić information content (AvgIpc) is 3.67. The fraction of sp³-hybridized carbons (Fsp3) is 0.588. The van der Waals surface area contributed by atoms with Crippen molar-refractivity contribution in [2.24, 2.45) is 17.8 Å². The van der Waals surface area contributed by atoms with Gasteiger partial charge < -0.3 is 34.4 Å². The number of aliphatic hydroxyl groups excluding tert-OH is 1. The maximum absolute atomic E-state index is 14.7. The van der Waals surface area contributed by atoms with E-state index in [2.05, 4.69) is 18.5 Å². The number of carbonyl (C=O) groups is 4. The Hall–Kier alpha value is -3.70. The molecule has 3 saturated heterocycles. The molecule has 0 radical (unpaired) electrons. The van der Waals surface area contributed by atoms with Crippen LogP contribution in [-0.2, 0) is 28.7 Å². The predicted octanol–water partition coefficient (Wildman–Crippen LogP) is 3.01. The zero-order valence-corrected chi connectivity index (χ0v) is 26.8. The topological polar surface area (TPSA) is 135 Å². The van der Waals surface area contributed by atoms with Gasteiger partial charge in [0.15, 0.2) is 0 Å². The molecule has 7 atom stereocenters. The normalized spacial score (nSPS) is 26.3. The van der Waals surface area contributed by atoms with Crippen molar-refractivity contribution in [3.63, 3.8) is 0 Å². The van der Waals surface area contributed by atoms with Gasteiger partial charge in [-0.3, -0.25) is 19.2 Å². The van der Waals surface area contributed by atoms with E-state index in [-0.39, 0.29) is 43.8 Å². The van der Waals surface area contributed by atoms with Crippen LogP contribution in [0.5, 0.6) is 5.75 Å². The predicted molar refractivity (Wildman–Crippen MR) is 168 cm³/mol. The van der Waals surface area contributed by atoms with Gasteiger partial charge in [-0.05, 0) is 62.8 Å². The molecule has 0 unspecified atom stereocenters. The van der Waals surface area contributed by atoms with E-state index in [0.717, 1.165) is 0 Å². The molecule has 1 spiro atoms. The van der Waals surface area contributed by atoms with Gasteiger partial charge in [-0.2, -0.15) is 0 Å². The third-order valence-corrected chi connectivity index (χ3v) is 9.03. The van der Waals surface area contributed by atoms with E-state index in [0.29, 0.717) is 37.1 Å². The summed E-state index contributed by atoms with van der Waals surface area (Å²) in [4.78, 5) is 57.9. The molecule has 45 heavy (non-hydrogen) atoms. The second-order valence-corrected chi connectivity index (χ2v) is 12.6. The van der Waals surface area contributed by atoms with E-state index < -0.39 is 53.6 Å². The summed E-state index contributed by atoms with van der Waals surface area (Å²) in [5, 5.41) is 13.3. The molecule has 0 aromatic heterocycles. The van der Waals surface area contributed by atoms with Gasteiger partial charge >= 0.3 is 5.97 Å². The minimum atomic E-state index is -1.26. The van der Waals surface area contributed by atoms with Crippen LogP contribution in [0.1, 0.15) is 52.9 Å². The molecule has 0 aliphatic carbocycles. The summed E-state index contributed by atoms with van der Waals surface area (Å²) in [7, 11) is 1.56. The fourth-order valence-corrected chi connectivity index (χ4v) is 7.11. The lowest BCUT2D eigenvalue weighted by Gasteiger charge is -2.39. The molecule has 3 fully saturated rings. The Morgan fingerprint density at radius 2 is 1.91 bits per heavy atom. The van der Waals surface area contributed by atoms with Gasteiger partial charge in [0.2, 0.25) is 11.8 Å². The number of fused-ring (bicyclic) bond motifs is 1. The van der Waals surface area contributed by atoms with Crippen molar-refractivity contribution >= 4 is 29.4 Å². The first-order valence-electron chi connectivity index (χ1n) is 15.8. The number of methoxy groups -OCH3 is 1. The molecule has 0 saturated carbocycles. The highest BCUT2D eigenvalue weighted by Crippen LogP contribution is 2.59. The van der Waals surface area contributed by atoms with Crippen LogP contribution in [0.2, 0.25) is 0 Å². The molecule has 2 N–H and O–H groups in total. The zero-order chi connectivity index (χ0) is 32.9. The highest BCUT2D eigenvalue weighted by Gasteiger charge is 2.75. The van der Waals surface area contributed by atoms with Crippen molar-refractivity contribution in [3.8, 4) is 5.75 Å². The van der Waals surface area contributed by atoms with E-state index in [1.165, 1.54) is 4.90 Å². The van der Waals surface area contributed by atoms with Crippen molar-refractivity contribution in [2.45, 2.75) is 82.8 Å².